The molecule has 5 nitrogen and oxygen atoms in total. The third kappa shape index (κ3) is 3.36. The van der Waals surface area contributed by atoms with E-state index in [4.69, 9.17) is 15.7 Å². The van der Waals surface area contributed by atoms with Crippen LogP contribution < -0.4 is 5.73 Å². The van der Waals surface area contributed by atoms with Crippen LogP contribution in [0.2, 0.25) is 0 Å². The van der Waals surface area contributed by atoms with E-state index < -0.39 is 0 Å². The smallest absolute Gasteiger partial charge is 0.121 e. The molecule has 0 saturated heterocycles. The van der Waals surface area contributed by atoms with Gasteiger partial charge in [-0.15, -0.1) is 0 Å². The van der Waals surface area contributed by atoms with E-state index in [0.29, 0.717) is 12.1 Å². The minimum atomic E-state index is 0.182. The third-order valence-corrected chi connectivity index (χ3v) is 6.14. The Labute approximate surface area is 165 Å². The van der Waals surface area contributed by atoms with Crippen LogP contribution in [0.25, 0.3) is 11.0 Å². The molecule has 2 aromatic heterocycles. The number of benzene rings is 1. The molecule has 0 aliphatic heterocycles. The summed E-state index contributed by atoms with van der Waals surface area (Å²) in [5, 5.41) is 0. The van der Waals surface area contributed by atoms with E-state index in [2.05, 4.69) is 52.4 Å². The Morgan fingerprint density at radius 2 is 2.00 bits per heavy atom. The van der Waals surface area contributed by atoms with E-state index in [0.717, 1.165) is 49.1 Å². The van der Waals surface area contributed by atoms with Crippen molar-refractivity contribution in [3.8, 4) is 0 Å². The van der Waals surface area contributed by atoms with Crippen molar-refractivity contribution >= 4 is 11.0 Å². The molecule has 144 valence electrons. The Bertz CT molecular complexity index is 958. The van der Waals surface area contributed by atoms with Crippen LogP contribution in [0.5, 0.6) is 0 Å². The first-order valence-electron chi connectivity index (χ1n) is 10.3. The fourth-order valence-corrected chi connectivity index (χ4v) is 4.72. The quantitative estimate of drug-likeness (QED) is 0.681. The zero-order valence-corrected chi connectivity index (χ0v) is 16.1. The fraction of sp³-hybridized carbons (Fsp3) is 0.391. The molecule has 1 aromatic carbocycles. The number of aromatic amines is 1. The number of nitrogens with zero attached hydrogens (tertiary/aromatic N) is 3. The highest BCUT2D eigenvalue weighted by Gasteiger charge is 2.32. The van der Waals surface area contributed by atoms with Gasteiger partial charge in [0, 0.05) is 18.3 Å². The summed E-state index contributed by atoms with van der Waals surface area (Å²) in [6.45, 7) is 0.791. The van der Waals surface area contributed by atoms with Gasteiger partial charge in [-0.3, -0.25) is 9.88 Å². The molecule has 2 aliphatic carbocycles. The zero-order valence-electron chi connectivity index (χ0n) is 16.1. The van der Waals surface area contributed by atoms with Crippen molar-refractivity contribution in [2.75, 3.05) is 0 Å². The van der Waals surface area contributed by atoms with Gasteiger partial charge in [-0.25, -0.2) is 4.98 Å². The molecule has 3 unspecified atom stereocenters. The summed E-state index contributed by atoms with van der Waals surface area (Å²) in [4.78, 5) is 15.7. The molecule has 3 atom stereocenters. The standard InChI is InChI=1S/C23H27N5/c24-17-10-12-18(13-11-17)28(15-22-26-19-7-1-2-8-20(19)27-22)21-9-3-5-16-6-4-14-25-23(16)21/h1-2,4,6-8,10,12,14,17-18,21H,3,5,9,11,13,15,24H2,(H,26,27). The van der Waals surface area contributed by atoms with Crippen LogP contribution in [0.4, 0.5) is 0 Å². The number of imidazole rings is 1. The second kappa shape index (κ2) is 7.49. The lowest BCUT2D eigenvalue weighted by atomic mass is 9.88. The lowest BCUT2D eigenvalue weighted by Crippen LogP contribution is -2.41. The maximum absolute atomic E-state index is 6.12. The number of hydrogen-bond donors (Lipinski definition) is 2. The molecule has 0 spiro atoms. The molecule has 0 fully saturated rings. The van der Waals surface area contributed by atoms with Crippen LogP contribution in [0.1, 0.15) is 48.8 Å². The summed E-state index contributed by atoms with van der Waals surface area (Å²) >= 11 is 0. The number of aromatic nitrogens is 3. The number of para-hydroxylation sites is 2. The van der Waals surface area contributed by atoms with Crippen LogP contribution in [0.15, 0.2) is 54.7 Å². The van der Waals surface area contributed by atoms with E-state index in [9.17, 15) is 0 Å². The Balaban J connectivity index is 1.51. The second-order valence-corrected chi connectivity index (χ2v) is 8.02. The summed E-state index contributed by atoms with van der Waals surface area (Å²) in [5.74, 6) is 1.02. The van der Waals surface area contributed by atoms with Crippen molar-refractivity contribution < 1.29 is 0 Å². The fourth-order valence-electron chi connectivity index (χ4n) is 4.72. The lowest BCUT2D eigenvalue weighted by Gasteiger charge is -2.40. The average molecular weight is 374 g/mol. The monoisotopic (exact) mass is 373 g/mol. The summed E-state index contributed by atoms with van der Waals surface area (Å²) in [6.07, 6.45) is 12.0. The molecule has 2 heterocycles. The number of rotatable bonds is 4. The second-order valence-electron chi connectivity index (χ2n) is 8.02. The third-order valence-electron chi connectivity index (χ3n) is 6.14. The minimum Gasteiger partial charge on any atom is -0.341 e. The van der Waals surface area contributed by atoms with Gasteiger partial charge in [0.2, 0.25) is 0 Å². The van der Waals surface area contributed by atoms with Crippen LogP contribution in [-0.4, -0.2) is 31.9 Å². The molecule has 0 radical (unpaired) electrons. The number of nitrogens with one attached hydrogen (secondary N) is 1. The summed E-state index contributed by atoms with van der Waals surface area (Å²) in [7, 11) is 0. The van der Waals surface area contributed by atoms with E-state index in [-0.39, 0.29) is 6.04 Å². The number of hydrogen-bond acceptors (Lipinski definition) is 4. The van der Waals surface area contributed by atoms with E-state index >= 15 is 0 Å². The number of fused-ring (bicyclic) bond motifs is 2. The van der Waals surface area contributed by atoms with Crippen LogP contribution in [-0.2, 0) is 13.0 Å². The topological polar surface area (TPSA) is 70.8 Å². The van der Waals surface area contributed by atoms with Crippen molar-refractivity contribution in [1.82, 2.24) is 19.9 Å². The average Bonchev–Trinajstić information content (AvgIpc) is 3.15. The van der Waals surface area contributed by atoms with Gasteiger partial charge in [0.1, 0.15) is 5.82 Å². The highest BCUT2D eigenvalue weighted by Crippen LogP contribution is 2.36. The maximum Gasteiger partial charge on any atom is 0.121 e. The first-order chi connectivity index (χ1) is 13.8. The Hall–Kier alpha value is -2.50. The zero-order chi connectivity index (χ0) is 18.9. The molecule has 5 heteroatoms. The van der Waals surface area contributed by atoms with Crippen LogP contribution in [0, 0.1) is 0 Å². The Kier molecular flexibility index (Phi) is 4.71. The number of aryl methyl sites for hydroxylation is 1. The molecule has 3 N–H and O–H groups in total. The van der Waals surface area contributed by atoms with Crippen molar-refractivity contribution in [3.05, 3.63) is 71.8 Å². The predicted octanol–water partition coefficient (Wildman–Crippen LogP) is 3.88. The summed E-state index contributed by atoms with van der Waals surface area (Å²) in [5.41, 5.74) is 10.9. The van der Waals surface area contributed by atoms with Gasteiger partial charge in [0.15, 0.2) is 0 Å². The van der Waals surface area contributed by atoms with Gasteiger partial charge in [-0.1, -0.05) is 30.4 Å². The van der Waals surface area contributed by atoms with Crippen molar-refractivity contribution in [2.45, 2.75) is 56.8 Å². The normalized spacial score (nSPS) is 24.6. The molecule has 0 amide bonds. The molecule has 28 heavy (non-hydrogen) atoms. The summed E-state index contributed by atoms with van der Waals surface area (Å²) < 4.78 is 0. The van der Waals surface area contributed by atoms with Gasteiger partial charge in [-0.2, -0.15) is 0 Å². The molecule has 3 aromatic rings. The van der Waals surface area contributed by atoms with Gasteiger partial charge in [0.25, 0.3) is 0 Å². The van der Waals surface area contributed by atoms with Gasteiger partial charge < -0.3 is 10.7 Å². The van der Waals surface area contributed by atoms with Crippen molar-refractivity contribution in [1.29, 1.82) is 0 Å². The molecule has 5 rings (SSSR count). The highest BCUT2D eigenvalue weighted by atomic mass is 15.2. The van der Waals surface area contributed by atoms with Gasteiger partial charge >= 0.3 is 0 Å². The number of pyridine rings is 1. The van der Waals surface area contributed by atoms with E-state index in [1.165, 1.54) is 17.7 Å². The van der Waals surface area contributed by atoms with Crippen LogP contribution in [0.3, 0.4) is 0 Å². The van der Waals surface area contributed by atoms with Gasteiger partial charge in [-0.05, 0) is 55.9 Å². The van der Waals surface area contributed by atoms with Crippen LogP contribution >= 0.6 is 0 Å². The number of H-pyrrole nitrogens is 1. The Morgan fingerprint density at radius 3 is 2.86 bits per heavy atom. The molecular formula is C23H27N5. The molecule has 0 saturated carbocycles. The maximum atomic E-state index is 6.12. The van der Waals surface area contributed by atoms with Crippen molar-refractivity contribution in [2.24, 2.45) is 5.73 Å². The summed E-state index contributed by atoms with van der Waals surface area (Å²) in [6, 6.07) is 13.4. The predicted molar refractivity (Wildman–Crippen MR) is 112 cm³/mol. The van der Waals surface area contributed by atoms with E-state index in [1.807, 2.05) is 12.3 Å². The first kappa shape index (κ1) is 17.6. The highest BCUT2D eigenvalue weighted by molar-refractivity contribution is 5.74. The minimum absolute atomic E-state index is 0.182. The SMILES string of the molecule is NC1C=CC(N(Cc2nc3ccccc3[nH]2)C2CCCc3cccnc32)CC1. The Morgan fingerprint density at radius 1 is 1.07 bits per heavy atom. The molecule has 2 aliphatic rings. The first-order valence-corrected chi connectivity index (χ1v) is 10.3. The van der Waals surface area contributed by atoms with Gasteiger partial charge in [0.05, 0.1) is 29.3 Å². The molecular weight excluding hydrogens is 346 g/mol. The lowest BCUT2D eigenvalue weighted by molar-refractivity contribution is 0.118. The molecule has 0 bridgehead atoms. The number of nitrogens with two attached hydrogens (primary N) is 1. The largest absolute Gasteiger partial charge is 0.341 e. The van der Waals surface area contributed by atoms with Crippen molar-refractivity contribution in [3.63, 3.8) is 0 Å². The van der Waals surface area contributed by atoms with E-state index in [1.54, 1.807) is 0 Å².